The Morgan fingerprint density at radius 2 is 1.73 bits per heavy atom. The Hall–Kier alpha value is -1.22. The number of benzene rings is 1. The van der Waals surface area contributed by atoms with Crippen LogP contribution >= 0.6 is 0 Å². The maximum Gasteiger partial charge on any atom is 0.126 e. The van der Waals surface area contributed by atoms with E-state index in [0.29, 0.717) is 12.4 Å². The first-order valence-electron chi connectivity index (χ1n) is 10.8. The van der Waals surface area contributed by atoms with E-state index in [1.807, 2.05) is 13.0 Å². The van der Waals surface area contributed by atoms with Crippen LogP contribution in [0.3, 0.4) is 0 Å². The Kier molecular flexibility index (Phi) is 9.31. The summed E-state index contributed by atoms with van der Waals surface area (Å²) in [5.41, 5.74) is 2.08. The number of aliphatic hydroxyl groups is 1. The third-order valence-electron chi connectivity index (χ3n) is 5.60. The van der Waals surface area contributed by atoms with Gasteiger partial charge < -0.3 is 14.9 Å². The van der Waals surface area contributed by atoms with Crippen LogP contribution in [-0.4, -0.2) is 22.9 Å². The fourth-order valence-electron chi connectivity index (χ4n) is 4.21. The lowest BCUT2D eigenvalue weighted by Gasteiger charge is -2.28. The van der Waals surface area contributed by atoms with E-state index in [1.165, 1.54) is 50.5 Å². The number of aryl methyl sites for hydroxylation is 1. The molecule has 3 nitrogen and oxygen atoms in total. The number of hydrogen-bond acceptors (Lipinski definition) is 3. The smallest absolute Gasteiger partial charge is 0.126 e. The highest BCUT2D eigenvalue weighted by molar-refractivity contribution is 5.49. The molecule has 0 unspecified atom stereocenters. The number of aliphatic hydroxyl groups excluding tert-OH is 1. The van der Waals surface area contributed by atoms with Gasteiger partial charge in [0.15, 0.2) is 0 Å². The summed E-state index contributed by atoms with van der Waals surface area (Å²) in [6.45, 7) is 4.84. The fraction of sp³-hybridized carbons (Fsp3) is 0.739. The summed E-state index contributed by atoms with van der Waals surface area (Å²) in [6, 6.07) is 4.05. The molecule has 0 radical (unpaired) electrons. The minimum absolute atomic E-state index is 0.202. The number of phenolic OH excluding ortho intramolecular Hbond substituents is 1. The second-order valence-corrected chi connectivity index (χ2v) is 7.85. The summed E-state index contributed by atoms with van der Waals surface area (Å²) >= 11 is 0. The summed E-state index contributed by atoms with van der Waals surface area (Å²) in [4.78, 5) is 0. The molecule has 3 heteroatoms. The quantitative estimate of drug-likeness (QED) is 0.467. The summed E-state index contributed by atoms with van der Waals surface area (Å²) in [6.07, 6.45) is 13.4. The van der Waals surface area contributed by atoms with Gasteiger partial charge in [0, 0.05) is 5.56 Å². The molecule has 1 aliphatic rings. The highest BCUT2D eigenvalue weighted by Gasteiger charge is 2.27. The van der Waals surface area contributed by atoms with E-state index >= 15 is 0 Å². The van der Waals surface area contributed by atoms with E-state index < -0.39 is 0 Å². The highest BCUT2D eigenvalue weighted by atomic mass is 16.5. The number of phenols is 1. The number of unbranched alkanes of at least 4 members (excludes halogenated alkanes) is 6. The molecule has 1 aromatic carbocycles. The van der Waals surface area contributed by atoms with Gasteiger partial charge in [-0.3, -0.25) is 0 Å². The molecule has 0 aliphatic heterocycles. The fourth-order valence-corrected chi connectivity index (χ4v) is 4.21. The van der Waals surface area contributed by atoms with Crippen molar-refractivity contribution in [1.29, 1.82) is 0 Å². The van der Waals surface area contributed by atoms with Crippen molar-refractivity contribution in [3.63, 3.8) is 0 Å². The first kappa shape index (κ1) is 21.1. The highest BCUT2D eigenvalue weighted by Crippen LogP contribution is 2.43. The molecule has 1 fully saturated rings. The normalized spacial score (nSPS) is 20.3. The molecule has 2 atom stereocenters. The van der Waals surface area contributed by atoms with Crippen molar-refractivity contribution >= 4 is 0 Å². The van der Waals surface area contributed by atoms with Crippen molar-refractivity contribution in [2.24, 2.45) is 0 Å². The predicted molar refractivity (Wildman–Crippen MR) is 108 cm³/mol. The van der Waals surface area contributed by atoms with Crippen LogP contribution in [0.2, 0.25) is 0 Å². The molecule has 0 spiro atoms. The summed E-state index contributed by atoms with van der Waals surface area (Å²) < 4.78 is 5.88. The second-order valence-electron chi connectivity index (χ2n) is 7.85. The predicted octanol–water partition coefficient (Wildman–Crippen LogP) is 6.10. The molecule has 0 heterocycles. The van der Waals surface area contributed by atoms with E-state index in [1.54, 1.807) is 0 Å². The lowest BCUT2D eigenvalue weighted by molar-refractivity contribution is 0.118. The molecule has 26 heavy (non-hydrogen) atoms. The van der Waals surface area contributed by atoms with Crippen molar-refractivity contribution in [1.82, 2.24) is 0 Å². The van der Waals surface area contributed by atoms with E-state index in [-0.39, 0.29) is 12.0 Å². The van der Waals surface area contributed by atoms with Crippen LogP contribution in [0.15, 0.2) is 12.1 Å². The van der Waals surface area contributed by atoms with E-state index in [2.05, 4.69) is 13.0 Å². The summed E-state index contributed by atoms with van der Waals surface area (Å²) in [7, 11) is 0. The van der Waals surface area contributed by atoms with Gasteiger partial charge in [0.25, 0.3) is 0 Å². The van der Waals surface area contributed by atoms with Crippen molar-refractivity contribution in [3.05, 3.63) is 23.3 Å². The molecule has 1 aromatic rings. The molecule has 0 aromatic heterocycles. The van der Waals surface area contributed by atoms with Gasteiger partial charge in [0.05, 0.1) is 12.7 Å². The minimum Gasteiger partial charge on any atom is -0.508 e. The van der Waals surface area contributed by atoms with Crippen molar-refractivity contribution in [2.45, 2.75) is 103 Å². The maximum atomic E-state index is 10.7. The van der Waals surface area contributed by atoms with Gasteiger partial charge in [-0.1, -0.05) is 51.9 Å². The number of ether oxygens (including phenoxy) is 1. The van der Waals surface area contributed by atoms with Gasteiger partial charge in [0.2, 0.25) is 0 Å². The molecule has 1 aliphatic carbocycles. The Morgan fingerprint density at radius 1 is 1.00 bits per heavy atom. The standard InChI is InChI=1S/C23H38O3/c1-3-5-6-7-8-9-10-12-18-15-21(25)23(22(16-18)26-4-2)19-13-11-14-20(24)17-19/h15-16,19-20,24-25H,3-14,17H2,1-2H3/t19-,20+/m0/s1. The third-order valence-corrected chi connectivity index (χ3v) is 5.60. The van der Waals surface area contributed by atoms with Gasteiger partial charge >= 0.3 is 0 Å². The molecule has 0 amide bonds. The molecule has 0 saturated heterocycles. The lowest BCUT2D eigenvalue weighted by Crippen LogP contribution is -2.19. The minimum atomic E-state index is -0.255. The zero-order valence-corrected chi connectivity index (χ0v) is 16.8. The van der Waals surface area contributed by atoms with Crippen molar-refractivity contribution in [3.8, 4) is 11.5 Å². The second kappa shape index (κ2) is 11.5. The Morgan fingerprint density at radius 3 is 2.42 bits per heavy atom. The average molecular weight is 363 g/mol. The Balaban J connectivity index is 1.96. The van der Waals surface area contributed by atoms with Crippen LogP contribution < -0.4 is 4.74 Å². The topological polar surface area (TPSA) is 49.7 Å². The summed E-state index contributed by atoms with van der Waals surface area (Å²) in [5, 5.41) is 20.7. The van der Waals surface area contributed by atoms with Crippen LogP contribution in [0.4, 0.5) is 0 Å². The van der Waals surface area contributed by atoms with Crippen LogP contribution in [0.25, 0.3) is 0 Å². The van der Waals surface area contributed by atoms with Crippen LogP contribution in [-0.2, 0) is 6.42 Å². The molecule has 2 N–H and O–H groups in total. The van der Waals surface area contributed by atoms with Gasteiger partial charge in [-0.05, 0) is 62.6 Å². The van der Waals surface area contributed by atoms with Crippen LogP contribution in [0.1, 0.15) is 102 Å². The summed E-state index contributed by atoms with van der Waals surface area (Å²) in [5.74, 6) is 1.38. The van der Waals surface area contributed by atoms with Crippen LogP contribution in [0, 0.1) is 0 Å². The van der Waals surface area contributed by atoms with Crippen molar-refractivity contribution in [2.75, 3.05) is 6.61 Å². The average Bonchev–Trinajstić information content (AvgIpc) is 2.61. The monoisotopic (exact) mass is 362 g/mol. The third kappa shape index (κ3) is 6.50. The van der Waals surface area contributed by atoms with E-state index in [0.717, 1.165) is 43.4 Å². The maximum absolute atomic E-state index is 10.7. The number of aromatic hydroxyl groups is 1. The Labute approximate surface area is 159 Å². The van der Waals surface area contributed by atoms with E-state index in [4.69, 9.17) is 4.74 Å². The van der Waals surface area contributed by atoms with Gasteiger partial charge in [-0.2, -0.15) is 0 Å². The first-order chi connectivity index (χ1) is 12.7. The van der Waals surface area contributed by atoms with Gasteiger partial charge in [-0.15, -0.1) is 0 Å². The molecule has 1 saturated carbocycles. The van der Waals surface area contributed by atoms with Gasteiger partial charge in [0.1, 0.15) is 11.5 Å². The SMILES string of the molecule is CCCCCCCCCc1cc(O)c([C@H]2CCC[C@@H](O)C2)c(OCC)c1. The van der Waals surface area contributed by atoms with Crippen molar-refractivity contribution < 1.29 is 14.9 Å². The Bertz CT molecular complexity index is 526. The zero-order valence-electron chi connectivity index (χ0n) is 16.8. The molecule has 0 bridgehead atoms. The molecule has 148 valence electrons. The molecule has 2 rings (SSSR count). The lowest BCUT2D eigenvalue weighted by atomic mass is 9.81. The number of rotatable bonds is 11. The van der Waals surface area contributed by atoms with Gasteiger partial charge in [-0.25, -0.2) is 0 Å². The van der Waals surface area contributed by atoms with Crippen LogP contribution in [0.5, 0.6) is 11.5 Å². The molecular formula is C23H38O3. The zero-order chi connectivity index (χ0) is 18.8. The largest absolute Gasteiger partial charge is 0.508 e. The van der Waals surface area contributed by atoms with E-state index in [9.17, 15) is 10.2 Å². The molecular weight excluding hydrogens is 324 g/mol. The number of hydrogen-bond donors (Lipinski definition) is 2. The first-order valence-corrected chi connectivity index (χ1v) is 10.8.